The first kappa shape index (κ1) is 11.5. The summed E-state index contributed by atoms with van der Waals surface area (Å²) >= 11 is 0. The quantitative estimate of drug-likeness (QED) is 0.756. The minimum Gasteiger partial charge on any atom is -0.497 e. The maximum atomic E-state index is 11.6. The molecule has 2 aliphatic carbocycles. The van der Waals surface area contributed by atoms with Crippen LogP contribution in [0, 0.1) is 0 Å². The summed E-state index contributed by atoms with van der Waals surface area (Å²) < 4.78 is 5.30. The lowest BCUT2D eigenvalue weighted by Gasteiger charge is -2.41. The first-order valence-corrected chi connectivity index (χ1v) is 6.55. The molecule has 0 N–H and O–H groups in total. The Morgan fingerprint density at radius 1 is 1.22 bits per heavy atom. The van der Waals surface area contributed by atoms with Crippen LogP contribution in [0.25, 0.3) is 0 Å². The highest BCUT2D eigenvalue weighted by atomic mass is 16.5. The van der Waals surface area contributed by atoms with E-state index in [1.165, 1.54) is 16.7 Å². The van der Waals surface area contributed by atoms with Crippen molar-refractivity contribution in [2.45, 2.75) is 38.0 Å². The van der Waals surface area contributed by atoms with Crippen LogP contribution < -0.4 is 4.74 Å². The van der Waals surface area contributed by atoms with E-state index < -0.39 is 0 Å². The van der Waals surface area contributed by atoms with E-state index in [0.717, 1.165) is 25.0 Å². The first-order valence-electron chi connectivity index (χ1n) is 6.55. The minimum absolute atomic E-state index is 0.0633. The van der Waals surface area contributed by atoms with Gasteiger partial charge in [0.25, 0.3) is 0 Å². The van der Waals surface area contributed by atoms with E-state index in [1.807, 2.05) is 12.1 Å². The third-order valence-corrected chi connectivity index (χ3v) is 4.49. The third-order valence-electron chi connectivity index (χ3n) is 4.49. The lowest BCUT2D eigenvalue weighted by molar-refractivity contribution is -0.115. The van der Waals surface area contributed by atoms with Crippen LogP contribution in [0.15, 0.2) is 29.8 Å². The first-order chi connectivity index (χ1) is 8.63. The molecule has 2 heteroatoms. The Bertz CT molecular complexity index is 542. The van der Waals surface area contributed by atoms with E-state index in [0.29, 0.717) is 12.2 Å². The van der Waals surface area contributed by atoms with Gasteiger partial charge in [0, 0.05) is 11.8 Å². The van der Waals surface area contributed by atoms with Gasteiger partial charge in [-0.1, -0.05) is 18.6 Å². The normalized spacial score (nSPS) is 26.1. The lowest BCUT2D eigenvalue weighted by Crippen LogP contribution is -2.34. The maximum Gasteiger partial charge on any atom is 0.155 e. The summed E-state index contributed by atoms with van der Waals surface area (Å²) in [6, 6.07) is 6.36. The molecule has 2 nitrogen and oxygen atoms in total. The summed E-state index contributed by atoms with van der Waals surface area (Å²) in [6.07, 6.45) is 5.52. The molecule has 0 saturated carbocycles. The van der Waals surface area contributed by atoms with Gasteiger partial charge in [-0.05, 0) is 48.6 Å². The number of ketones is 1. The fourth-order valence-corrected chi connectivity index (χ4v) is 3.33. The standard InChI is InChI=1S/C16H18O2/c1-16-8-7-13(17)10-12(16)4-3-11-9-14(18-2)5-6-15(11)16/h5-6,9-10H,3-4,7-8H2,1-2H3/t16-/m1/s1. The van der Waals surface area contributed by atoms with Gasteiger partial charge < -0.3 is 4.74 Å². The summed E-state index contributed by atoms with van der Waals surface area (Å²) in [4.78, 5) is 11.6. The molecule has 0 spiro atoms. The molecule has 1 aromatic carbocycles. The van der Waals surface area contributed by atoms with Crippen LogP contribution in [0.1, 0.15) is 37.3 Å². The average molecular weight is 242 g/mol. The second-order valence-electron chi connectivity index (χ2n) is 5.49. The summed E-state index contributed by atoms with van der Waals surface area (Å²) in [6.45, 7) is 2.27. The number of ether oxygens (including phenoxy) is 1. The fourth-order valence-electron chi connectivity index (χ4n) is 3.33. The molecular weight excluding hydrogens is 224 g/mol. The number of hydrogen-bond donors (Lipinski definition) is 0. The van der Waals surface area contributed by atoms with Gasteiger partial charge in [-0.15, -0.1) is 0 Å². The molecule has 0 aromatic heterocycles. The highest BCUT2D eigenvalue weighted by Gasteiger charge is 2.38. The maximum absolute atomic E-state index is 11.6. The van der Waals surface area contributed by atoms with Gasteiger partial charge in [0.1, 0.15) is 5.75 Å². The van der Waals surface area contributed by atoms with E-state index >= 15 is 0 Å². The second kappa shape index (κ2) is 3.98. The SMILES string of the molecule is COc1ccc2c(c1)CCC1=CC(=O)CC[C@]12C. The van der Waals surface area contributed by atoms with Crippen LogP contribution in [0.2, 0.25) is 0 Å². The summed E-state index contributed by atoms with van der Waals surface area (Å²) in [5.41, 5.74) is 4.14. The van der Waals surface area contributed by atoms with Gasteiger partial charge in [-0.2, -0.15) is 0 Å². The topological polar surface area (TPSA) is 26.3 Å². The van der Waals surface area contributed by atoms with Crippen LogP contribution in [0.5, 0.6) is 5.75 Å². The van der Waals surface area contributed by atoms with Crippen molar-refractivity contribution >= 4 is 5.78 Å². The van der Waals surface area contributed by atoms with Gasteiger partial charge in [-0.25, -0.2) is 0 Å². The second-order valence-corrected chi connectivity index (χ2v) is 5.49. The van der Waals surface area contributed by atoms with Crippen molar-refractivity contribution in [2.75, 3.05) is 7.11 Å². The van der Waals surface area contributed by atoms with E-state index in [1.54, 1.807) is 7.11 Å². The molecule has 3 rings (SSSR count). The Kier molecular flexibility index (Phi) is 2.54. The van der Waals surface area contributed by atoms with Crippen molar-refractivity contribution in [3.05, 3.63) is 41.0 Å². The predicted octanol–water partition coefficient (Wildman–Crippen LogP) is 3.19. The molecule has 0 aliphatic heterocycles. The molecule has 0 bridgehead atoms. The Labute approximate surface area is 108 Å². The van der Waals surface area contributed by atoms with Crippen LogP contribution in [0.4, 0.5) is 0 Å². The molecule has 0 amide bonds. The predicted molar refractivity (Wildman–Crippen MR) is 71.0 cm³/mol. The van der Waals surface area contributed by atoms with E-state index in [-0.39, 0.29) is 5.41 Å². The van der Waals surface area contributed by atoms with E-state index in [4.69, 9.17) is 4.74 Å². The number of rotatable bonds is 1. The van der Waals surface area contributed by atoms with Crippen LogP contribution in [0.3, 0.4) is 0 Å². The number of hydrogen-bond acceptors (Lipinski definition) is 2. The summed E-state index contributed by atoms with van der Waals surface area (Å²) in [7, 11) is 1.71. The third kappa shape index (κ3) is 1.59. The molecule has 2 aliphatic rings. The van der Waals surface area contributed by atoms with Crippen molar-refractivity contribution < 1.29 is 9.53 Å². The van der Waals surface area contributed by atoms with Crippen molar-refractivity contribution in [1.82, 2.24) is 0 Å². The number of aryl methyl sites for hydroxylation is 1. The molecule has 18 heavy (non-hydrogen) atoms. The number of carbonyl (C=O) groups is 1. The smallest absolute Gasteiger partial charge is 0.155 e. The van der Waals surface area contributed by atoms with Gasteiger partial charge in [0.15, 0.2) is 5.78 Å². The van der Waals surface area contributed by atoms with Crippen molar-refractivity contribution in [3.63, 3.8) is 0 Å². The van der Waals surface area contributed by atoms with Crippen molar-refractivity contribution in [3.8, 4) is 5.75 Å². The number of carbonyl (C=O) groups excluding carboxylic acids is 1. The summed E-state index contributed by atoms with van der Waals surface area (Å²) in [5, 5.41) is 0. The van der Waals surface area contributed by atoms with Gasteiger partial charge in [-0.3, -0.25) is 4.79 Å². The Hall–Kier alpha value is -1.57. The van der Waals surface area contributed by atoms with Crippen LogP contribution in [-0.4, -0.2) is 12.9 Å². The molecule has 94 valence electrons. The highest BCUT2D eigenvalue weighted by molar-refractivity contribution is 5.92. The molecule has 1 aromatic rings. The van der Waals surface area contributed by atoms with Crippen molar-refractivity contribution in [1.29, 1.82) is 0 Å². The zero-order valence-electron chi connectivity index (χ0n) is 11.0. The number of allylic oxidation sites excluding steroid dienone is 2. The molecule has 1 atom stereocenters. The van der Waals surface area contributed by atoms with E-state index in [2.05, 4.69) is 19.1 Å². The Morgan fingerprint density at radius 2 is 2.06 bits per heavy atom. The molecule has 0 fully saturated rings. The van der Waals surface area contributed by atoms with Gasteiger partial charge in [0.05, 0.1) is 7.11 Å². The zero-order valence-corrected chi connectivity index (χ0v) is 11.0. The lowest BCUT2D eigenvalue weighted by atomic mass is 9.63. The molecule has 0 radical (unpaired) electrons. The Balaban J connectivity index is 2.12. The summed E-state index contributed by atoms with van der Waals surface area (Å²) in [5.74, 6) is 1.22. The van der Waals surface area contributed by atoms with Gasteiger partial charge >= 0.3 is 0 Å². The number of benzene rings is 1. The largest absolute Gasteiger partial charge is 0.497 e. The molecule has 0 heterocycles. The van der Waals surface area contributed by atoms with Crippen LogP contribution in [-0.2, 0) is 16.6 Å². The highest BCUT2D eigenvalue weighted by Crippen LogP contribution is 2.47. The zero-order chi connectivity index (χ0) is 12.8. The Morgan fingerprint density at radius 3 is 2.83 bits per heavy atom. The molecule has 0 unspecified atom stereocenters. The van der Waals surface area contributed by atoms with Crippen LogP contribution >= 0.6 is 0 Å². The fraction of sp³-hybridized carbons (Fsp3) is 0.438. The number of fused-ring (bicyclic) bond motifs is 3. The molecular formula is C16H18O2. The average Bonchev–Trinajstić information content (AvgIpc) is 2.39. The number of methoxy groups -OCH3 is 1. The monoisotopic (exact) mass is 242 g/mol. The minimum atomic E-state index is 0.0633. The van der Waals surface area contributed by atoms with E-state index in [9.17, 15) is 4.79 Å². The van der Waals surface area contributed by atoms with Crippen molar-refractivity contribution in [2.24, 2.45) is 0 Å². The van der Waals surface area contributed by atoms with Gasteiger partial charge in [0.2, 0.25) is 0 Å². The molecule has 0 saturated heterocycles.